The van der Waals surface area contributed by atoms with Crippen molar-refractivity contribution in [2.75, 3.05) is 32.1 Å². The molecule has 158 valence electrons. The van der Waals surface area contributed by atoms with Crippen molar-refractivity contribution in [1.29, 1.82) is 0 Å². The molecule has 1 aromatic heterocycles. The molecule has 0 aliphatic carbocycles. The Morgan fingerprint density at radius 3 is 2.71 bits per heavy atom. The lowest BCUT2D eigenvalue weighted by Crippen LogP contribution is -2.31. The van der Waals surface area contributed by atoms with Gasteiger partial charge in [-0.1, -0.05) is 30.3 Å². The van der Waals surface area contributed by atoms with Gasteiger partial charge in [-0.2, -0.15) is 0 Å². The standard InChI is InChI=1S/C23H22N4O4/c1-31-23(30)17-14-27(12-13-28)22(29)21(17)24-16-9-6-15(7-10-16)8-11-20-25-18-4-2-3-5-19(18)26-20/h2-11,24,28H,12-14H2,1H3,(H,25,26). The number of amides is 1. The molecule has 1 aliphatic rings. The second kappa shape index (κ2) is 8.85. The number of carbonyl (C=O) groups excluding carboxylic acids is 2. The summed E-state index contributed by atoms with van der Waals surface area (Å²) in [6.45, 7) is 0.0719. The highest BCUT2D eigenvalue weighted by atomic mass is 16.5. The Morgan fingerprint density at radius 2 is 2.00 bits per heavy atom. The molecule has 0 saturated carbocycles. The summed E-state index contributed by atoms with van der Waals surface area (Å²) in [4.78, 5) is 33.8. The van der Waals surface area contributed by atoms with E-state index in [0.29, 0.717) is 5.69 Å². The van der Waals surface area contributed by atoms with Crippen LogP contribution >= 0.6 is 0 Å². The summed E-state index contributed by atoms with van der Waals surface area (Å²) < 4.78 is 4.80. The number of nitrogens with one attached hydrogen (secondary N) is 2. The van der Waals surface area contributed by atoms with Gasteiger partial charge in [0.2, 0.25) is 0 Å². The average molecular weight is 418 g/mol. The van der Waals surface area contributed by atoms with E-state index in [1.54, 1.807) is 0 Å². The lowest BCUT2D eigenvalue weighted by molar-refractivity contribution is -0.136. The number of aliphatic hydroxyl groups excluding tert-OH is 1. The van der Waals surface area contributed by atoms with Crippen molar-refractivity contribution in [1.82, 2.24) is 14.9 Å². The first-order valence-electron chi connectivity index (χ1n) is 9.80. The van der Waals surface area contributed by atoms with Gasteiger partial charge in [0.15, 0.2) is 0 Å². The van der Waals surface area contributed by atoms with Crippen LogP contribution in [0.15, 0.2) is 59.8 Å². The molecule has 0 spiro atoms. The number of ether oxygens (including phenoxy) is 1. The molecule has 0 radical (unpaired) electrons. The number of β-amino-alcohol motifs (C(OH)–C–C–N with tert-alkyl or cyclic N) is 1. The number of para-hydroxylation sites is 2. The highest BCUT2D eigenvalue weighted by Crippen LogP contribution is 2.23. The Morgan fingerprint density at radius 1 is 1.23 bits per heavy atom. The molecule has 8 nitrogen and oxygen atoms in total. The van der Waals surface area contributed by atoms with Crippen LogP contribution in [0.2, 0.25) is 0 Å². The van der Waals surface area contributed by atoms with Gasteiger partial charge in [0.25, 0.3) is 5.91 Å². The van der Waals surface area contributed by atoms with Gasteiger partial charge in [0, 0.05) is 12.2 Å². The van der Waals surface area contributed by atoms with Gasteiger partial charge in [0.05, 0.1) is 36.9 Å². The molecule has 2 aromatic carbocycles. The number of aliphatic hydroxyl groups is 1. The number of methoxy groups -OCH3 is 1. The molecule has 1 aliphatic heterocycles. The van der Waals surface area contributed by atoms with Crippen LogP contribution in [0.5, 0.6) is 0 Å². The lowest BCUT2D eigenvalue weighted by Gasteiger charge is -2.15. The van der Waals surface area contributed by atoms with E-state index in [0.717, 1.165) is 22.4 Å². The third kappa shape index (κ3) is 4.34. The zero-order valence-corrected chi connectivity index (χ0v) is 17.0. The largest absolute Gasteiger partial charge is 0.466 e. The van der Waals surface area contributed by atoms with E-state index in [4.69, 9.17) is 9.84 Å². The van der Waals surface area contributed by atoms with Crippen molar-refractivity contribution in [3.8, 4) is 0 Å². The number of imidazole rings is 1. The van der Waals surface area contributed by atoms with Crippen LogP contribution in [-0.4, -0.2) is 58.7 Å². The number of anilines is 1. The van der Waals surface area contributed by atoms with Crippen LogP contribution in [0.1, 0.15) is 11.4 Å². The number of carbonyl (C=O) groups is 2. The Kier molecular flexibility index (Phi) is 5.81. The topological polar surface area (TPSA) is 108 Å². The summed E-state index contributed by atoms with van der Waals surface area (Å²) in [6.07, 6.45) is 3.83. The van der Waals surface area contributed by atoms with E-state index in [9.17, 15) is 9.59 Å². The van der Waals surface area contributed by atoms with Crippen LogP contribution in [0.25, 0.3) is 23.2 Å². The van der Waals surface area contributed by atoms with Gasteiger partial charge in [-0.25, -0.2) is 9.78 Å². The molecule has 31 heavy (non-hydrogen) atoms. The normalized spacial score (nSPS) is 14.1. The minimum atomic E-state index is -0.568. The molecule has 0 bridgehead atoms. The molecule has 1 amide bonds. The van der Waals surface area contributed by atoms with Crippen LogP contribution in [0.3, 0.4) is 0 Å². The number of benzene rings is 2. The summed E-state index contributed by atoms with van der Waals surface area (Å²) in [5.74, 6) is -0.151. The third-order valence-corrected chi connectivity index (χ3v) is 4.97. The van der Waals surface area contributed by atoms with Gasteiger partial charge in [-0.15, -0.1) is 0 Å². The highest BCUT2D eigenvalue weighted by molar-refractivity contribution is 6.08. The minimum absolute atomic E-state index is 0.104. The first kappa shape index (κ1) is 20.4. The maximum atomic E-state index is 12.6. The number of hydrogen-bond acceptors (Lipinski definition) is 6. The SMILES string of the molecule is COC(=O)C1=C(Nc2ccc(C=Cc3nc4ccccc4[nH]3)cc2)C(=O)N(CCO)C1. The van der Waals surface area contributed by atoms with Crippen molar-refractivity contribution in [3.05, 3.63) is 71.2 Å². The second-order valence-electron chi connectivity index (χ2n) is 7.01. The van der Waals surface area contributed by atoms with Crippen LogP contribution in [0.4, 0.5) is 5.69 Å². The summed E-state index contributed by atoms with van der Waals surface area (Å²) in [5.41, 5.74) is 3.92. The number of aromatic amines is 1. The summed E-state index contributed by atoms with van der Waals surface area (Å²) in [7, 11) is 1.27. The molecule has 0 fully saturated rings. The van der Waals surface area contributed by atoms with Gasteiger partial charge < -0.3 is 25.0 Å². The van der Waals surface area contributed by atoms with Crippen molar-refractivity contribution in [2.45, 2.75) is 0 Å². The number of nitrogens with zero attached hydrogens (tertiary/aromatic N) is 2. The van der Waals surface area contributed by atoms with Crippen molar-refractivity contribution in [2.24, 2.45) is 0 Å². The quantitative estimate of drug-likeness (QED) is 0.509. The number of hydrogen-bond donors (Lipinski definition) is 3. The van der Waals surface area contributed by atoms with E-state index in [1.807, 2.05) is 60.7 Å². The Hall–Kier alpha value is -3.91. The van der Waals surface area contributed by atoms with Crippen molar-refractivity contribution >= 4 is 40.7 Å². The van der Waals surface area contributed by atoms with E-state index < -0.39 is 5.97 Å². The monoisotopic (exact) mass is 418 g/mol. The van der Waals surface area contributed by atoms with E-state index in [-0.39, 0.29) is 36.9 Å². The number of H-pyrrole nitrogens is 1. The average Bonchev–Trinajstić information content (AvgIpc) is 3.34. The van der Waals surface area contributed by atoms with Gasteiger partial charge in [0.1, 0.15) is 11.5 Å². The number of fused-ring (bicyclic) bond motifs is 1. The maximum Gasteiger partial charge on any atom is 0.337 e. The summed E-state index contributed by atoms with van der Waals surface area (Å²) in [6, 6.07) is 15.3. The predicted octanol–water partition coefficient (Wildman–Crippen LogP) is 2.41. The molecule has 0 atom stereocenters. The summed E-state index contributed by atoms with van der Waals surface area (Å²) in [5, 5.41) is 12.2. The Bertz CT molecular complexity index is 1140. The molecule has 2 heterocycles. The molecule has 0 saturated heterocycles. The Balaban J connectivity index is 1.49. The van der Waals surface area contributed by atoms with Crippen LogP contribution in [-0.2, 0) is 14.3 Å². The first-order chi connectivity index (χ1) is 15.1. The van der Waals surface area contributed by atoms with Crippen LogP contribution in [0, 0.1) is 0 Å². The fraction of sp³-hybridized carbons (Fsp3) is 0.174. The maximum absolute atomic E-state index is 12.6. The summed E-state index contributed by atoms with van der Waals surface area (Å²) >= 11 is 0. The second-order valence-corrected chi connectivity index (χ2v) is 7.01. The molecule has 4 rings (SSSR count). The number of rotatable bonds is 7. The molecule has 8 heteroatoms. The minimum Gasteiger partial charge on any atom is -0.466 e. The van der Waals surface area contributed by atoms with E-state index >= 15 is 0 Å². The Labute approximate surface area is 178 Å². The lowest BCUT2D eigenvalue weighted by atomic mass is 10.1. The molecular weight excluding hydrogens is 396 g/mol. The van der Waals surface area contributed by atoms with E-state index in [2.05, 4.69) is 15.3 Å². The van der Waals surface area contributed by atoms with Crippen LogP contribution < -0.4 is 5.32 Å². The highest BCUT2D eigenvalue weighted by Gasteiger charge is 2.34. The number of esters is 1. The van der Waals surface area contributed by atoms with Crippen molar-refractivity contribution in [3.63, 3.8) is 0 Å². The fourth-order valence-corrected chi connectivity index (χ4v) is 3.40. The predicted molar refractivity (Wildman–Crippen MR) is 118 cm³/mol. The van der Waals surface area contributed by atoms with Gasteiger partial charge >= 0.3 is 5.97 Å². The zero-order chi connectivity index (χ0) is 21.8. The molecular formula is C23H22N4O4. The third-order valence-electron chi connectivity index (χ3n) is 4.97. The smallest absolute Gasteiger partial charge is 0.337 e. The van der Waals surface area contributed by atoms with Gasteiger partial charge in [-0.3, -0.25) is 4.79 Å². The van der Waals surface area contributed by atoms with Gasteiger partial charge in [-0.05, 0) is 35.9 Å². The zero-order valence-electron chi connectivity index (χ0n) is 17.0. The number of aromatic nitrogens is 2. The van der Waals surface area contributed by atoms with E-state index in [1.165, 1.54) is 12.0 Å². The molecule has 3 aromatic rings. The molecule has 3 N–H and O–H groups in total. The molecule has 0 unspecified atom stereocenters. The first-order valence-corrected chi connectivity index (χ1v) is 9.80. The van der Waals surface area contributed by atoms with Crippen molar-refractivity contribution < 1.29 is 19.4 Å². The fourth-order valence-electron chi connectivity index (χ4n) is 3.40.